The number of nitrogens with zero attached hydrogens (tertiary/aromatic N) is 1. The molecule has 0 aromatic rings. The van der Waals surface area contributed by atoms with Gasteiger partial charge in [-0.3, -0.25) is 4.79 Å². The van der Waals surface area contributed by atoms with E-state index in [9.17, 15) is 4.79 Å². The number of hydrogen-bond donors (Lipinski definition) is 1. The highest BCUT2D eigenvalue weighted by Gasteiger charge is 2.01. The van der Waals surface area contributed by atoms with E-state index in [1.165, 1.54) is 10.8 Å². The van der Waals surface area contributed by atoms with Crippen molar-refractivity contribution in [1.29, 1.82) is 0 Å². The molecular formula is C2H3NOS2. The van der Waals surface area contributed by atoms with E-state index < -0.39 is 0 Å². The predicted molar refractivity (Wildman–Crippen MR) is 28.7 cm³/mol. The second-order valence-corrected chi connectivity index (χ2v) is 3.02. The van der Waals surface area contributed by atoms with Gasteiger partial charge in [-0.1, -0.05) is 10.8 Å². The predicted octanol–water partition coefficient (Wildman–Crippen LogP) is 0.173. The second kappa shape index (κ2) is 1.75. The van der Waals surface area contributed by atoms with E-state index in [4.69, 9.17) is 0 Å². The first kappa shape index (κ1) is 4.33. The largest absolute Gasteiger partial charge is 0.271 e. The number of carbonyl (C=O) groups excluding carboxylic acids is 1. The lowest BCUT2D eigenvalue weighted by atomic mass is 10.8. The Hall–Kier alpha value is 0.170. The topological polar surface area (TPSA) is 29.4 Å². The summed E-state index contributed by atoms with van der Waals surface area (Å²) in [6, 6.07) is 0. The molecule has 0 aromatic heterocycles. The molecule has 1 amide bonds. The van der Waals surface area contributed by atoms with E-state index in [1.807, 2.05) is 0 Å². The van der Waals surface area contributed by atoms with Crippen molar-refractivity contribution in [2.45, 2.75) is 0 Å². The van der Waals surface area contributed by atoms with Crippen molar-refractivity contribution in [2.24, 2.45) is 4.36 Å². The summed E-state index contributed by atoms with van der Waals surface area (Å²) in [5.41, 5.74) is 0. The molecule has 0 radical (unpaired) electrons. The van der Waals surface area contributed by atoms with Crippen LogP contribution >= 0.6 is 10.8 Å². The molecule has 4 heteroatoms. The van der Waals surface area contributed by atoms with Crippen molar-refractivity contribution in [2.75, 3.05) is 5.75 Å². The normalized spacial score (nSPS) is 21.0. The highest BCUT2D eigenvalue weighted by molar-refractivity contribution is 8.63. The molecule has 0 saturated carbocycles. The maximum atomic E-state index is 10.0. The third-order valence-electron chi connectivity index (χ3n) is 0.398. The minimum Gasteiger partial charge on any atom is -0.271 e. The van der Waals surface area contributed by atoms with Crippen LogP contribution in [0.1, 0.15) is 0 Å². The summed E-state index contributed by atoms with van der Waals surface area (Å²) in [6.45, 7) is 0. The maximum Gasteiger partial charge on any atom is 0.263 e. The lowest BCUT2D eigenvalue weighted by Gasteiger charge is -1.67. The first-order valence-electron chi connectivity index (χ1n) is 1.45. The molecule has 0 N–H and O–H groups in total. The Balaban J connectivity index is 2.59. The van der Waals surface area contributed by atoms with Crippen molar-refractivity contribution in [3.8, 4) is 0 Å². The molecule has 6 heavy (non-hydrogen) atoms. The van der Waals surface area contributed by atoms with E-state index >= 15 is 0 Å². The molecular weight excluding hydrogens is 118 g/mol. The van der Waals surface area contributed by atoms with Gasteiger partial charge >= 0.3 is 0 Å². The Labute approximate surface area is 42.8 Å². The lowest BCUT2D eigenvalue weighted by Crippen LogP contribution is -1.86. The van der Waals surface area contributed by atoms with Gasteiger partial charge in [0.25, 0.3) is 5.91 Å². The first-order chi connectivity index (χ1) is 2.89. The van der Waals surface area contributed by atoms with Crippen LogP contribution in [0, 0.1) is 0 Å². The zero-order valence-corrected chi connectivity index (χ0v) is 4.63. The summed E-state index contributed by atoms with van der Waals surface area (Å²) in [5.74, 6) is 0.614. The van der Waals surface area contributed by atoms with Gasteiger partial charge in [0.2, 0.25) is 0 Å². The molecule has 0 bridgehead atoms. The fourth-order valence-electron chi connectivity index (χ4n) is 0.187. The van der Waals surface area contributed by atoms with Gasteiger partial charge in [0.15, 0.2) is 0 Å². The van der Waals surface area contributed by atoms with E-state index in [0.717, 1.165) is 10.6 Å². The number of thiol groups is 1. The molecule has 34 valence electrons. The van der Waals surface area contributed by atoms with Crippen molar-refractivity contribution in [3.05, 3.63) is 0 Å². The monoisotopic (exact) mass is 121 g/mol. The molecule has 1 aliphatic rings. The van der Waals surface area contributed by atoms with Gasteiger partial charge in [-0.2, -0.15) is 4.36 Å². The minimum atomic E-state index is 0.0293. The van der Waals surface area contributed by atoms with Crippen molar-refractivity contribution in [3.63, 3.8) is 0 Å². The molecule has 1 rings (SSSR count). The van der Waals surface area contributed by atoms with Crippen LogP contribution in [0.2, 0.25) is 0 Å². The zero-order valence-electron chi connectivity index (χ0n) is 2.92. The third kappa shape index (κ3) is 0.815. The molecule has 1 heterocycles. The summed E-state index contributed by atoms with van der Waals surface area (Å²) >= 11 is 0. The van der Waals surface area contributed by atoms with Crippen LogP contribution in [0.25, 0.3) is 0 Å². The number of rotatable bonds is 0. The molecule has 2 nitrogen and oxygen atoms in total. The molecule has 0 spiro atoms. The maximum absolute atomic E-state index is 10.0. The Morgan fingerprint density at radius 2 is 2.83 bits per heavy atom. The number of amides is 1. The standard InChI is InChI=1S/C2H3NOS2/c4-2-1-5-6-3-2/h6H,1H2. The fraction of sp³-hybridized carbons (Fsp3) is 0.500. The van der Waals surface area contributed by atoms with Crippen molar-refractivity contribution in [1.82, 2.24) is 0 Å². The lowest BCUT2D eigenvalue weighted by molar-refractivity contribution is -0.115. The van der Waals surface area contributed by atoms with Gasteiger partial charge in [-0.15, -0.1) is 0 Å². The van der Waals surface area contributed by atoms with Gasteiger partial charge < -0.3 is 0 Å². The summed E-state index contributed by atoms with van der Waals surface area (Å²) < 4.78 is 3.53. The summed E-state index contributed by atoms with van der Waals surface area (Å²) in [4.78, 5) is 10.0. The van der Waals surface area contributed by atoms with Gasteiger partial charge in [0.05, 0.1) is 5.75 Å². The van der Waals surface area contributed by atoms with Crippen LogP contribution in [0.15, 0.2) is 4.36 Å². The number of carbonyl (C=O) groups is 1. The zero-order chi connectivity index (χ0) is 4.41. The Morgan fingerprint density at radius 3 is 3.00 bits per heavy atom. The fourth-order valence-corrected chi connectivity index (χ4v) is 1.69. The van der Waals surface area contributed by atoms with Gasteiger partial charge in [0, 0.05) is 0 Å². The Kier molecular flexibility index (Phi) is 1.26. The average molecular weight is 121 g/mol. The molecule has 0 saturated heterocycles. The quantitative estimate of drug-likeness (QED) is 0.366. The Morgan fingerprint density at radius 1 is 2.00 bits per heavy atom. The summed E-state index contributed by atoms with van der Waals surface area (Å²) in [5, 5.41) is 0. The summed E-state index contributed by atoms with van der Waals surface area (Å²) in [7, 11) is 2.42. The van der Waals surface area contributed by atoms with Gasteiger partial charge in [-0.25, -0.2) is 0 Å². The molecule has 1 aliphatic heterocycles. The van der Waals surface area contributed by atoms with Crippen molar-refractivity contribution < 1.29 is 4.79 Å². The van der Waals surface area contributed by atoms with Crippen LogP contribution in [0.5, 0.6) is 0 Å². The highest BCUT2D eigenvalue weighted by atomic mass is 33.1. The van der Waals surface area contributed by atoms with Crippen LogP contribution in [0.3, 0.4) is 0 Å². The van der Waals surface area contributed by atoms with Crippen LogP contribution < -0.4 is 0 Å². The van der Waals surface area contributed by atoms with Crippen molar-refractivity contribution >= 4 is 27.3 Å². The minimum absolute atomic E-state index is 0.0293. The molecule has 0 aliphatic carbocycles. The SMILES string of the molecule is O=C1CS[SH]=N1. The molecule has 0 fully saturated rings. The molecule has 0 atom stereocenters. The average Bonchev–Trinajstić information content (AvgIpc) is 1.86. The van der Waals surface area contributed by atoms with Gasteiger partial charge in [0.1, 0.15) is 0 Å². The molecule has 0 unspecified atom stereocenters. The third-order valence-corrected chi connectivity index (χ3v) is 2.17. The van der Waals surface area contributed by atoms with E-state index in [2.05, 4.69) is 4.36 Å². The van der Waals surface area contributed by atoms with Crippen LogP contribution in [-0.2, 0) is 15.4 Å². The smallest absolute Gasteiger partial charge is 0.263 e. The van der Waals surface area contributed by atoms with Crippen LogP contribution in [-0.4, -0.2) is 11.7 Å². The van der Waals surface area contributed by atoms with Crippen LogP contribution in [0.4, 0.5) is 0 Å². The summed E-state index contributed by atoms with van der Waals surface area (Å²) in [6.07, 6.45) is 0. The van der Waals surface area contributed by atoms with E-state index in [-0.39, 0.29) is 5.91 Å². The van der Waals surface area contributed by atoms with E-state index in [1.54, 1.807) is 0 Å². The number of hydrogen-bond acceptors (Lipinski definition) is 2. The first-order valence-corrected chi connectivity index (χ1v) is 3.89. The molecule has 0 aromatic carbocycles. The van der Waals surface area contributed by atoms with Gasteiger partial charge in [-0.05, 0) is 10.6 Å². The van der Waals surface area contributed by atoms with E-state index in [0.29, 0.717) is 5.75 Å². The highest BCUT2D eigenvalue weighted by Crippen LogP contribution is 2.06. The Bertz CT molecular complexity index is 99.7. The second-order valence-electron chi connectivity index (χ2n) is 0.849.